The first-order valence-corrected chi connectivity index (χ1v) is 12.2. The normalized spacial score (nSPS) is 11.7. The van der Waals surface area contributed by atoms with Gasteiger partial charge < -0.3 is 18.9 Å². The van der Waals surface area contributed by atoms with Crippen LogP contribution in [0.3, 0.4) is 0 Å². The van der Waals surface area contributed by atoms with Gasteiger partial charge in [0.2, 0.25) is 0 Å². The molecule has 166 valence electrons. The first-order chi connectivity index (χ1) is 15.6. The van der Waals surface area contributed by atoms with Gasteiger partial charge in [0.15, 0.2) is 5.82 Å². The van der Waals surface area contributed by atoms with Crippen LogP contribution in [0.4, 0.5) is 5.82 Å². The van der Waals surface area contributed by atoms with Crippen LogP contribution < -0.4 is 10.6 Å². The Balaban J connectivity index is 1.89. The summed E-state index contributed by atoms with van der Waals surface area (Å²) in [6.07, 6.45) is 3.27. The molecular weight excluding hydrogens is 423 g/mol. The second-order valence-corrected chi connectivity index (χ2v) is 9.30. The Hall–Kier alpha value is -2.99. The third-order valence-electron chi connectivity index (χ3n) is 5.07. The molecule has 0 aliphatic rings. The molecular formula is C24H27N4O3P. The Morgan fingerprint density at radius 1 is 0.969 bits per heavy atom. The predicted molar refractivity (Wildman–Crippen MR) is 128 cm³/mol. The van der Waals surface area contributed by atoms with Crippen molar-refractivity contribution in [1.29, 1.82) is 0 Å². The first kappa shape index (κ1) is 22.2. The van der Waals surface area contributed by atoms with Gasteiger partial charge in [-0.05, 0) is 38.5 Å². The van der Waals surface area contributed by atoms with Gasteiger partial charge in [-0.15, -0.1) is 0 Å². The summed E-state index contributed by atoms with van der Waals surface area (Å²) in [6.45, 7) is 6.75. The van der Waals surface area contributed by atoms with Gasteiger partial charge in [-0.25, -0.2) is 9.97 Å². The van der Waals surface area contributed by atoms with Crippen LogP contribution in [0.15, 0.2) is 67.1 Å². The monoisotopic (exact) mass is 450 g/mol. The lowest BCUT2D eigenvalue weighted by Gasteiger charge is -2.15. The maximum absolute atomic E-state index is 13.7. The van der Waals surface area contributed by atoms with E-state index in [4.69, 9.17) is 9.05 Å². The van der Waals surface area contributed by atoms with Crippen molar-refractivity contribution in [3.05, 3.63) is 78.2 Å². The lowest BCUT2D eigenvalue weighted by molar-refractivity contribution is 0.230. The van der Waals surface area contributed by atoms with Crippen molar-refractivity contribution in [3.8, 4) is 5.69 Å². The van der Waals surface area contributed by atoms with Crippen LogP contribution in [0.25, 0.3) is 16.7 Å². The summed E-state index contributed by atoms with van der Waals surface area (Å²) < 4.78 is 26.9. The third kappa shape index (κ3) is 4.46. The van der Waals surface area contributed by atoms with Gasteiger partial charge >= 0.3 is 7.60 Å². The molecule has 1 N–H and O–H groups in total. The number of hydrogen-bond donors (Lipinski definition) is 1. The molecule has 7 nitrogen and oxygen atoms in total. The number of fused-ring (bicyclic) bond motifs is 1. The summed E-state index contributed by atoms with van der Waals surface area (Å²) in [6, 6.07) is 18.2. The maximum Gasteiger partial charge on any atom is 0.365 e. The number of rotatable bonds is 9. The van der Waals surface area contributed by atoms with Crippen LogP contribution in [-0.2, 0) is 20.2 Å². The van der Waals surface area contributed by atoms with Crippen molar-refractivity contribution in [3.63, 3.8) is 0 Å². The molecule has 0 atom stereocenters. The van der Waals surface area contributed by atoms with Crippen LogP contribution >= 0.6 is 7.60 Å². The molecule has 8 heteroatoms. The Bertz CT molecular complexity index is 1230. The Morgan fingerprint density at radius 2 is 1.66 bits per heavy atom. The van der Waals surface area contributed by atoms with Crippen molar-refractivity contribution in [2.75, 3.05) is 18.5 Å². The molecule has 0 bridgehead atoms. The van der Waals surface area contributed by atoms with Gasteiger partial charge in [-0.1, -0.05) is 48.0 Å². The van der Waals surface area contributed by atoms with Crippen molar-refractivity contribution >= 4 is 29.8 Å². The quantitative estimate of drug-likeness (QED) is 0.352. The van der Waals surface area contributed by atoms with E-state index in [0.717, 1.165) is 22.3 Å². The molecule has 0 spiro atoms. The van der Waals surface area contributed by atoms with Crippen LogP contribution in [0.2, 0.25) is 0 Å². The van der Waals surface area contributed by atoms with E-state index in [0.29, 0.717) is 23.2 Å². The van der Waals surface area contributed by atoms with Crippen molar-refractivity contribution in [2.24, 2.45) is 0 Å². The highest BCUT2D eigenvalue weighted by molar-refractivity contribution is 7.62. The zero-order chi connectivity index (χ0) is 22.6. The molecule has 0 unspecified atom stereocenters. The van der Waals surface area contributed by atoms with Gasteiger partial charge in [0.1, 0.15) is 22.7 Å². The molecule has 2 aromatic carbocycles. The lowest BCUT2D eigenvalue weighted by atomic mass is 10.2. The molecule has 0 aliphatic carbocycles. The molecule has 0 radical (unpaired) electrons. The summed E-state index contributed by atoms with van der Waals surface area (Å²) in [5, 5.41) is 3.84. The van der Waals surface area contributed by atoms with Crippen LogP contribution in [0.5, 0.6) is 0 Å². The average Bonchev–Trinajstić information content (AvgIpc) is 3.20. The van der Waals surface area contributed by atoms with E-state index < -0.39 is 7.60 Å². The standard InChI is InChI=1S/C24H27N4O3P/c1-4-30-32(29,31-5-2)21-16-28(20-13-11-18(3)12-14-20)23-22(21)26-17-27-24(23)25-15-19-9-7-6-8-10-19/h6-14,16-17H,4-5,15H2,1-3H3,(H,25,26,27). The van der Waals surface area contributed by atoms with Crippen LogP contribution in [0, 0.1) is 6.92 Å². The first-order valence-electron chi connectivity index (χ1n) is 10.7. The van der Waals surface area contributed by atoms with E-state index in [9.17, 15) is 4.57 Å². The minimum atomic E-state index is -3.56. The topological polar surface area (TPSA) is 78.3 Å². The minimum absolute atomic E-state index is 0.263. The molecule has 4 aromatic rings. The SMILES string of the molecule is CCOP(=O)(OCC)c1cn(-c2ccc(C)cc2)c2c(NCc3ccccc3)ncnc12. The van der Waals surface area contributed by atoms with Crippen molar-refractivity contribution in [2.45, 2.75) is 27.3 Å². The average molecular weight is 450 g/mol. The number of nitrogens with zero attached hydrogens (tertiary/aromatic N) is 3. The highest BCUT2D eigenvalue weighted by Crippen LogP contribution is 2.49. The van der Waals surface area contributed by atoms with Crippen molar-refractivity contribution in [1.82, 2.24) is 14.5 Å². The predicted octanol–water partition coefficient (Wildman–Crippen LogP) is 5.23. The van der Waals surface area contributed by atoms with Gasteiger partial charge in [-0.2, -0.15) is 0 Å². The molecule has 0 fully saturated rings. The fourth-order valence-corrected chi connectivity index (χ4v) is 5.29. The molecule has 2 heterocycles. The largest absolute Gasteiger partial charge is 0.365 e. The van der Waals surface area contributed by atoms with E-state index in [-0.39, 0.29) is 13.2 Å². The number of aryl methyl sites for hydroxylation is 1. The summed E-state index contributed by atoms with van der Waals surface area (Å²) in [5.41, 5.74) is 4.45. The highest BCUT2D eigenvalue weighted by atomic mass is 31.2. The van der Waals surface area contributed by atoms with E-state index in [1.807, 2.05) is 66.1 Å². The maximum atomic E-state index is 13.7. The second-order valence-electron chi connectivity index (χ2n) is 7.31. The van der Waals surface area contributed by atoms with Gasteiger partial charge in [-0.3, -0.25) is 4.57 Å². The Kier molecular flexibility index (Phi) is 6.70. The zero-order valence-electron chi connectivity index (χ0n) is 18.5. The zero-order valence-corrected chi connectivity index (χ0v) is 19.4. The van der Waals surface area contributed by atoms with Gasteiger partial charge in [0.05, 0.1) is 13.2 Å². The summed E-state index contributed by atoms with van der Waals surface area (Å²) in [5.74, 6) is 0.644. The number of nitrogens with one attached hydrogen (secondary N) is 1. The van der Waals surface area contributed by atoms with Gasteiger partial charge in [0.25, 0.3) is 0 Å². The molecule has 32 heavy (non-hydrogen) atoms. The van der Waals surface area contributed by atoms with E-state index in [2.05, 4.69) is 15.3 Å². The van der Waals surface area contributed by atoms with E-state index >= 15 is 0 Å². The fraction of sp³-hybridized carbons (Fsp3) is 0.250. The summed E-state index contributed by atoms with van der Waals surface area (Å²) in [4.78, 5) is 8.99. The second kappa shape index (κ2) is 9.65. The van der Waals surface area contributed by atoms with Crippen LogP contribution in [0.1, 0.15) is 25.0 Å². The third-order valence-corrected chi connectivity index (χ3v) is 7.18. The fourth-order valence-electron chi connectivity index (χ4n) is 3.58. The van der Waals surface area contributed by atoms with E-state index in [1.165, 1.54) is 6.33 Å². The molecule has 0 amide bonds. The smallest absolute Gasteiger partial charge is 0.364 e. The molecule has 0 saturated carbocycles. The summed E-state index contributed by atoms with van der Waals surface area (Å²) in [7, 11) is -3.56. The highest BCUT2D eigenvalue weighted by Gasteiger charge is 2.33. The minimum Gasteiger partial charge on any atom is -0.364 e. The number of aromatic nitrogens is 3. The van der Waals surface area contributed by atoms with Crippen molar-refractivity contribution < 1.29 is 13.6 Å². The number of anilines is 1. The molecule has 0 saturated heterocycles. The van der Waals surface area contributed by atoms with Crippen LogP contribution in [-0.4, -0.2) is 27.7 Å². The number of benzene rings is 2. The lowest BCUT2D eigenvalue weighted by Crippen LogP contribution is -2.11. The van der Waals surface area contributed by atoms with E-state index in [1.54, 1.807) is 20.0 Å². The Morgan fingerprint density at radius 3 is 2.31 bits per heavy atom. The molecule has 0 aliphatic heterocycles. The van der Waals surface area contributed by atoms with Gasteiger partial charge in [0, 0.05) is 18.4 Å². The Labute approximate surface area is 188 Å². The molecule has 2 aromatic heterocycles. The molecule has 4 rings (SSSR count). The summed E-state index contributed by atoms with van der Waals surface area (Å²) >= 11 is 0. The number of hydrogen-bond acceptors (Lipinski definition) is 6.